The molecule has 106 valence electrons. The second kappa shape index (κ2) is 8.27. The van der Waals surface area contributed by atoms with Crippen LogP contribution in [0.5, 0.6) is 0 Å². The van der Waals surface area contributed by atoms with Crippen molar-refractivity contribution in [3.8, 4) is 0 Å². The molecule has 0 amide bonds. The minimum absolute atomic E-state index is 0.163. The number of hydrogen-bond donors (Lipinski definition) is 0. The van der Waals surface area contributed by atoms with Crippen LogP contribution in [-0.4, -0.2) is 41.8 Å². The van der Waals surface area contributed by atoms with E-state index in [4.69, 9.17) is 0 Å². The standard InChI is InChI=1S/C14H19F2NOS/c1-3-17(4-2)7-8-19-10-14(18)11-5-6-12(15)13(16)9-11/h5-6,9H,3-4,7-8,10H2,1-2H3. The van der Waals surface area contributed by atoms with Gasteiger partial charge in [0.2, 0.25) is 0 Å². The van der Waals surface area contributed by atoms with Gasteiger partial charge in [0.25, 0.3) is 0 Å². The Kier molecular flexibility index (Phi) is 7.02. The van der Waals surface area contributed by atoms with E-state index in [0.717, 1.165) is 37.5 Å². The summed E-state index contributed by atoms with van der Waals surface area (Å²) in [5, 5.41) is 0. The molecule has 1 aromatic rings. The average Bonchev–Trinajstić information content (AvgIpc) is 2.42. The number of carbonyl (C=O) groups is 1. The lowest BCUT2D eigenvalue weighted by molar-refractivity contribution is 0.102. The molecule has 5 heteroatoms. The fourth-order valence-electron chi connectivity index (χ4n) is 1.65. The van der Waals surface area contributed by atoms with Crippen LogP contribution in [0.3, 0.4) is 0 Å². The summed E-state index contributed by atoms with van der Waals surface area (Å²) in [5.41, 5.74) is 0.231. The molecule has 1 aromatic carbocycles. The highest BCUT2D eigenvalue weighted by Crippen LogP contribution is 2.12. The predicted octanol–water partition coefficient (Wildman–Crippen LogP) is 3.22. The zero-order chi connectivity index (χ0) is 14.3. The van der Waals surface area contributed by atoms with Gasteiger partial charge >= 0.3 is 0 Å². The Hall–Kier alpha value is -0.940. The molecule has 0 heterocycles. The Morgan fingerprint density at radius 1 is 1.21 bits per heavy atom. The van der Waals surface area contributed by atoms with Gasteiger partial charge in [-0.25, -0.2) is 8.78 Å². The SMILES string of the molecule is CCN(CC)CCSCC(=O)c1ccc(F)c(F)c1. The molecule has 0 saturated heterocycles. The van der Waals surface area contributed by atoms with Gasteiger partial charge in [-0.15, -0.1) is 0 Å². The van der Waals surface area contributed by atoms with Crippen LogP contribution < -0.4 is 0 Å². The number of rotatable bonds is 8. The summed E-state index contributed by atoms with van der Waals surface area (Å²) in [5.74, 6) is -0.906. The molecule has 19 heavy (non-hydrogen) atoms. The van der Waals surface area contributed by atoms with Crippen molar-refractivity contribution in [2.75, 3.05) is 31.1 Å². The predicted molar refractivity (Wildman–Crippen MR) is 75.8 cm³/mol. The quantitative estimate of drug-likeness (QED) is 0.541. The van der Waals surface area contributed by atoms with Crippen LogP contribution >= 0.6 is 11.8 Å². The molecule has 1 rings (SSSR count). The van der Waals surface area contributed by atoms with Crippen molar-refractivity contribution in [2.24, 2.45) is 0 Å². The number of nitrogens with zero attached hydrogens (tertiary/aromatic N) is 1. The van der Waals surface area contributed by atoms with Crippen molar-refractivity contribution in [3.05, 3.63) is 35.4 Å². The molecule has 0 aromatic heterocycles. The minimum Gasteiger partial charge on any atom is -0.303 e. The molecule has 0 atom stereocenters. The van der Waals surface area contributed by atoms with E-state index in [-0.39, 0.29) is 11.3 Å². The summed E-state index contributed by atoms with van der Waals surface area (Å²) in [6, 6.07) is 3.28. The van der Waals surface area contributed by atoms with Crippen molar-refractivity contribution in [1.82, 2.24) is 4.90 Å². The first-order valence-electron chi connectivity index (χ1n) is 6.36. The minimum atomic E-state index is -0.973. The van der Waals surface area contributed by atoms with Crippen LogP contribution in [0.1, 0.15) is 24.2 Å². The van der Waals surface area contributed by atoms with E-state index in [2.05, 4.69) is 18.7 Å². The molecule has 0 spiro atoms. The first kappa shape index (κ1) is 16.1. The van der Waals surface area contributed by atoms with E-state index in [1.165, 1.54) is 17.8 Å². The van der Waals surface area contributed by atoms with Gasteiger partial charge in [-0.2, -0.15) is 11.8 Å². The molecule has 0 aliphatic heterocycles. The summed E-state index contributed by atoms with van der Waals surface area (Å²) in [7, 11) is 0. The lowest BCUT2D eigenvalue weighted by Crippen LogP contribution is -2.25. The third kappa shape index (κ3) is 5.28. The van der Waals surface area contributed by atoms with Crippen LogP contribution in [0.4, 0.5) is 8.78 Å². The Morgan fingerprint density at radius 2 is 1.89 bits per heavy atom. The Morgan fingerprint density at radius 3 is 2.47 bits per heavy atom. The maximum atomic E-state index is 13.0. The van der Waals surface area contributed by atoms with Gasteiger partial charge < -0.3 is 4.90 Å². The zero-order valence-electron chi connectivity index (χ0n) is 11.3. The van der Waals surface area contributed by atoms with Gasteiger partial charge in [0.1, 0.15) is 0 Å². The Bertz CT molecular complexity index is 422. The summed E-state index contributed by atoms with van der Waals surface area (Å²) >= 11 is 1.52. The second-order valence-electron chi connectivity index (χ2n) is 4.13. The average molecular weight is 287 g/mol. The van der Waals surface area contributed by atoms with E-state index in [0.29, 0.717) is 5.75 Å². The highest BCUT2D eigenvalue weighted by atomic mass is 32.2. The number of hydrogen-bond acceptors (Lipinski definition) is 3. The summed E-state index contributed by atoms with van der Waals surface area (Å²) in [6.45, 7) is 7.12. The van der Waals surface area contributed by atoms with E-state index in [1.807, 2.05) is 0 Å². The van der Waals surface area contributed by atoms with Crippen molar-refractivity contribution in [3.63, 3.8) is 0 Å². The molecular formula is C14H19F2NOS. The smallest absolute Gasteiger partial charge is 0.172 e. The highest BCUT2D eigenvalue weighted by molar-refractivity contribution is 8.00. The van der Waals surface area contributed by atoms with E-state index < -0.39 is 11.6 Å². The van der Waals surface area contributed by atoms with Crippen molar-refractivity contribution >= 4 is 17.5 Å². The highest BCUT2D eigenvalue weighted by Gasteiger charge is 2.10. The van der Waals surface area contributed by atoms with Crippen molar-refractivity contribution in [2.45, 2.75) is 13.8 Å². The fraction of sp³-hybridized carbons (Fsp3) is 0.500. The number of carbonyl (C=O) groups excluding carboxylic acids is 1. The number of Topliss-reactive ketones (excluding diaryl/α,β-unsaturated/α-hetero) is 1. The zero-order valence-corrected chi connectivity index (χ0v) is 12.1. The molecular weight excluding hydrogens is 268 g/mol. The van der Waals surface area contributed by atoms with E-state index in [1.54, 1.807) is 0 Å². The van der Waals surface area contributed by atoms with Gasteiger partial charge in [-0.05, 0) is 31.3 Å². The Balaban J connectivity index is 2.37. The number of halogens is 2. The monoisotopic (exact) mass is 287 g/mol. The third-order valence-electron chi connectivity index (χ3n) is 2.92. The van der Waals surface area contributed by atoms with Crippen molar-refractivity contribution < 1.29 is 13.6 Å². The van der Waals surface area contributed by atoms with Gasteiger partial charge in [-0.1, -0.05) is 13.8 Å². The molecule has 0 aliphatic rings. The molecule has 0 bridgehead atoms. The van der Waals surface area contributed by atoms with Gasteiger partial charge in [-0.3, -0.25) is 4.79 Å². The summed E-state index contributed by atoms with van der Waals surface area (Å²) in [6.07, 6.45) is 0. The van der Waals surface area contributed by atoms with Crippen LogP contribution in [0.2, 0.25) is 0 Å². The van der Waals surface area contributed by atoms with Crippen LogP contribution in [0, 0.1) is 11.6 Å². The maximum Gasteiger partial charge on any atom is 0.172 e. The normalized spacial score (nSPS) is 11.0. The lowest BCUT2D eigenvalue weighted by atomic mass is 10.1. The Labute approximate surface area is 117 Å². The molecule has 0 aliphatic carbocycles. The van der Waals surface area contributed by atoms with E-state index in [9.17, 15) is 13.6 Å². The van der Waals surface area contributed by atoms with Gasteiger partial charge in [0, 0.05) is 17.9 Å². The summed E-state index contributed by atoms with van der Waals surface area (Å²) in [4.78, 5) is 14.0. The number of ketones is 1. The fourth-order valence-corrected chi connectivity index (χ4v) is 2.53. The molecule has 0 fully saturated rings. The summed E-state index contributed by atoms with van der Waals surface area (Å²) < 4.78 is 25.7. The maximum absolute atomic E-state index is 13.0. The topological polar surface area (TPSA) is 20.3 Å². The first-order valence-corrected chi connectivity index (χ1v) is 7.52. The molecule has 0 radical (unpaired) electrons. The van der Waals surface area contributed by atoms with Gasteiger partial charge in [0.15, 0.2) is 17.4 Å². The number of benzene rings is 1. The van der Waals surface area contributed by atoms with Crippen LogP contribution in [-0.2, 0) is 0 Å². The largest absolute Gasteiger partial charge is 0.303 e. The third-order valence-corrected chi connectivity index (χ3v) is 3.86. The second-order valence-corrected chi connectivity index (χ2v) is 5.24. The van der Waals surface area contributed by atoms with Crippen molar-refractivity contribution in [1.29, 1.82) is 0 Å². The molecule has 0 N–H and O–H groups in total. The lowest BCUT2D eigenvalue weighted by Gasteiger charge is -2.17. The van der Waals surface area contributed by atoms with Crippen LogP contribution in [0.25, 0.3) is 0 Å². The molecule has 0 saturated carbocycles. The van der Waals surface area contributed by atoms with E-state index >= 15 is 0 Å². The molecule has 0 unspecified atom stereocenters. The van der Waals surface area contributed by atoms with Crippen LogP contribution in [0.15, 0.2) is 18.2 Å². The molecule has 2 nitrogen and oxygen atoms in total. The van der Waals surface area contributed by atoms with Gasteiger partial charge in [0.05, 0.1) is 5.75 Å². The first-order chi connectivity index (χ1) is 9.08. The number of thioether (sulfide) groups is 1.